The number of carbonyl (C=O) groups is 2. The maximum Gasteiger partial charge on any atom is 0.258 e. The molecule has 3 aromatic rings. The maximum atomic E-state index is 13.6. The van der Waals surface area contributed by atoms with Gasteiger partial charge in [-0.3, -0.25) is 9.59 Å². The van der Waals surface area contributed by atoms with Crippen LogP contribution in [0.5, 0.6) is 5.75 Å². The van der Waals surface area contributed by atoms with Gasteiger partial charge in [0.15, 0.2) is 0 Å². The molecular formula is C28H26ClN3O3. The average molecular weight is 488 g/mol. The highest BCUT2D eigenvalue weighted by molar-refractivity contribution is 6.30. The summed E-state index contributed by atoms with van der Waals surface area (Å²) < 4.78 is 5.51. The molecule has 7 heteroatoms. The molecule has 0 aromatic heterocycles. The van der Waals surface area contributed by atoms with Crippen LogP contribution < -0.4 is 15.0 Å². The Labute approximate surface area is 210 Å². The Morgan fingerprint density at radius 1 is 1.17 bits per heavy atom. The molecule has 35 heavy (non-hydrogen) atoms. The molecule has 0 fully saturated rings. The first kappa shape index (κ1) is 24.3. The Morgan fingerprint density at radius 2 is 1.97 bits per heavy atom. The highest BCUT2D eigenvalue weighted by Gasteiger charge is 2.28. The Balaban J connectivity index is 1.63. The van der Waals surface area contributed by atoms with E-state index in [1.165, 1.54) is 7.11 Å². The second kappa shape index (κ2) is 10.6. The number of fused-ring (bicyclic) bond motifs is 1. The van der Waals surface area contributed by atoms with Crippen molar-refractivity contribution >= 4 is 34.8 Å². The number of halogens is 1. The molecule has 1 atom stereocenters. The largest absolute Gasteiger partial charge is 0.495 e. The number of methoxy groups -OCH3 is 1. The van der Waals surface area contributed by atoms with E-state index >= 15 is 0 Å². The molecule has 1 aliphatic rings. The van der Waals surface area contributed by atoms with Gasteiger partial charge >= 0.3 is 0 Å². The molecule has 0 spiro atoms. The van der Waals surface area contributed by atoms with Crippen LogP contribution in [0.4, 0.5) is 11.4 Å². The molecule has 1 aliphatic heterocycles. The van der Waals surface area contributed by atoms with E-state index < -0.39 is 0 Å². The third-order valence-electron chi connectivity index (χ3n) is 6.32. The predicted octanol–water partition coefficient (Wildman–Crippen LogP) is 6.35. The average Bonchev–Trinajstić information content (AvgIpc) is 3.03. The number of nitrogens with zero attached hydrogens (tertiary/aromatic N) is 2. The minimum absolute atomic E-state index is 0.0278. The van der Waals surface area contributed by atoms with Crippen molar-refractivity contribution < 1.29 is 14.3 Å². The third-order valence-corrected chi connectivity index (χ3v) is 6.56. The van der Waals surface area contributed by atoms with Crippen molar-refractivity contribution in [3.05, 3.63) is 87.9 Å². The molecular weight excluding hydrogens is 462 g/mol. The predicted molar refractivity (Wildman–Crippen MR) is 137 cm³/mol. The van der Waals surface area contributed by atoms with Crippen LogP contribution >= 0.6 is 11.6 Å². The molecule has 0 bridgehead atoms. The SMILES string of the molecule is COc1cc(C(=O)N2CCCC(CC#N)c3cc(Cl)ccc32)ccc1NC(=O)c1ccccc1C. The van der Waals surface area contributed by atoms with Gasteiger partial charge in [0.1, 0.15) is 5.75 Å². The summed E-state index contributed by atoms with van der Waals surface area (Å²) in [6.07, 6.45) is 1.95. The molecule has 0 aliphatic carbocycles. The summed E-state index contributed by atoms with van der Waals surface area (Å²) in [6, 6.07) is 20.1. The summed E-state index contributed by atoms with van der Waals surface area (Å²) in [5.41, 5.74) is 4.05. The Bertz CT molecular complexity index is 1320. The van der Waals surface area contributed by atoms with Gasteiger partial charge in [0, 0.05) is 34.8 Å². The summed E-state index contributed by atoms with van der Waals surface area (Å²) in [5, 5.41) is 12.7. The molecule has 178 valence electrons. The van der Waals surface area contributed by atoms with Gasteiger partial charge in [0.25, 0.3) is 11.8 Å². The Hall–Kier alpha value is -3.82. The van der Waals surface area contributed by atoms with Crippen molar-refractivity contribution in [1.29, 1.82) is 5.26 Å². The van der Waals surface area contributed by atoms with Crippen LogP contribution in [0.25, 0.3) is 0 Å². The normalized spacial score (nSPS) is 14.9. The molecule has 3 aromatic carbocycles. The van der Waals surface area contributed by atoms with E-state index in [1.807, 2.05) is 37.3 Å². The molecule has 1 unspecified atom stereocenters. The molecule has 0 saturated heterocycles. The van der Waals surface area contributed by atoms with Crippen LogP contribution in [-0.4, -0.2) is 25.5 Å². The standard InChI is InChI=1S/C28H26ClN3O3/c1-18-6-3-4-8-22(18)27(33)31-24-11-9-20(16-26(24)35-2)28(34)32-15-5-7-19(13-14-30)23-17-21(29)10-12-25(23)32/h3-4,6,8-12,16-17,19H,5,7,13,15H2,1-2H3,(H,31,33). The molecule has 4 rings (SSSR count). The molecule has 0 saturated carbocycles. The van der Waals surface area contributed by atoms with Gasteiger partial charge in [-0.05, 0) is 79.3 Å². The van der Waals surface area contributed by atoms with E-state index in [1.54, 1.807) is 35.2 Å². The van der Waals surface area contributed by atoms with Crippen molar-refractivity contribution in [2.75, 3.05) is 23.9 Å². The minimum Gasteiger partial charge on any atom is -0.495 e. The summed E-state index contributed by atoms with van der Waals surface area (Å²) in [4.78, 5) is 28.1. The summed E-state index contributed by atoms with van der Waals surface area (Å²) >= 11 is 6.25. The fourth-order valence-electron chi connectivity index (χ4n) is 4.50. The smallest absolute Gasteiger partial charge is 0.258 e. The lowest BCUT2D eigenvalue weighted by Crippen LogP contribution is -2.31. The van der Waals surface area contributed by atoms with Crippen LogP contribution in [0.15, 0.2) is 60.7 Å². The van der Waals surface area contributed by atoms with E-state index in [4.69, 9.17) is 16.3 Å². The highest BCUT2D eigenvalue weighted by Crippen LogP contribution is 2.39. The van der Waals surface area contributed by atoms with E-state index in [2.05, 4.69) is 11.4 Å². The lowest BCUT2D eigenvalue weighted by atomic mass is 9.91. The zero-order valence-corrected chi connectivity index (χ0v) is 20.4. The zero-order valence-electron chi connectivity index (χ0n) is 19.7. The summed E-state index contributed by atoms with van der Waals surface area (Å²) in [7, 11) is 1.50. The lowest BCUT2D eigenvalue weighted by molar-refractivity contribution is 0.0985. The van der Waals surface area contributed by atoms with Gasteiger partial charge in [-0.15, -0.1) is 0 Å². The highest BCUT2D eigenvalue weighted by atomic mass is 35.5. The fourth-order valence-corrected chi connectivity index (χ4v) is 4.68. The number of hydrogen-bond donors (Lipinski definition) is 1. The summed E-state index contributed by atoms with van der Waals surface area (Å²) in [6.45, 7) is 2.41. The first-order valence-electron chi connectivity index (χ1n) is 11.5. The first-order chi connectivity index (χ1) is 16.9. The maximum absolute atomic E-state index is 13.6. The fraction of sp³-hybridized carbons (Fsp3) is 0.250. The van der Waals surface area contributed by atoms with Gasteiger partial charge < -0.3 is 15.0 Å². The number of ether oxygens (including phenoxy) is 1. The number of anilines is 2. The number of amides is 2. The second-order valence-corrected chi connectivity index (χ2v) is 8.98. The number of carbonyl (C=O) groups excluding carboxylic acids is 2. The molecule has 1 N–H and O–H groups in total. The molecule has 0 radical (unpaired) electrons. The van der Waals surface area contributed by atoms with Gasteiger partial charge in [0.05, 0.1) is 18.9 Å². The lowest BCUT2D eigenvalue weighted by Gasteiger charge is -2.24. The van der Waals surface area contributed by atoms with E-state index in [0.717, 1.165) is 29.7 Å². The van der Waals surface area contributed by atoms with Gasteiger partial charge in [-0.2, -0.15) is 5.26 Å². The van der Waals surface area contributed by atoms with Gasteiger partial charge in [-0.25, -0.2) is 0 Å². The minimum atomic E-state index is -0.248. The quantitative estimate of drug-likeness (QED) is 0.454. The van der Waals surface area contributed by atoms with Crippen LogP contribution in [0.2, 0.25) is 5.02 Å². The van der Waals surface area contributed by atoms with E-state index in [-0.39, 0.29) is 17.7 Å². The number of benzene rings is 3. The van der Waals surface area contributed by atoms with Crippen LogP contribution in [-0.2, 0) is 0 Å². The first-order valence-corrected chi connectivity index (χ1v) is 11.8. The Morgan fingerprint density at radius 3 is 2.71 bits per heavy atom. The van der Waals surface area contributed by atoms with E-state index in [0.29, 0.717) is 40.6 Å². The molecule has 2 amide bonds. The van der Waals surface area contributed by atoms with Crippen molar-refractivity contribution in [3.8, 4) is 11.8 Å². The number of rotatable bonds is 5. The monoisotopic (exact) mass is 487 g/mol. The zero-order chi connectivity index (χ0) is 24.9. The Kier molecular flexibility index (Phi) is 7.38. The van der Waals surface area contributed by atoms with Crippen LogP contribution in [0.1, 0.15) is 57.0 Å². The van der Waals surface area contributed by atoms with Gasteiger partial charge in [-0.1, -0.05) is 29.8 Å². The number of nitrogens with one attached hydrogen (secondary N) is 1. The van der Waals surface area contributed by atoms with E-state index in [9.17, 15) is 14.9 Å². The number of hydrogen-bond acceptors (Lipinski definition) is 4. The van der Waals surface area contributed by atoms with Crippen molar-refractivity contribution in [2.24, 2.45) is 0 Å². The van der Waals surface area contributed by atoms with Gasteiger partial charge in [0.2, 0.25) is 0 Å². The van der Waals surface area contributed by atoms with Crippen molar-refractivity contribution in [3.63, 3.8) is 0 Å². The van der Waals surface area contributed by atoms with Crippen molar-refractivity contribution in [1.82, 2.24) is 0 Å². The molecule has 1 heterocycles. The van der Waals surface area contributed by atoms with Crippen LogP contribution in [0.3, 0.4) is 0 Å². The van der Waals surface area contributed by atoms with Crippen molar-refractivity contribution in [2.45, 2.75) is 32.1 Å². The number of aryl methyl sites for hydroxylation is 1. The third kappa shape index (κ3) is 5.16. The topological polar surface area (TPSA) is 82.4 Å². The number of nitriles is 1. The second-order valence-electron chi connectivity index (χ2n) is 8.55. The molecule has 6 nitrogen and oxygen atoms in total. The van der Waals surface area contributed by atoms with Crippen LogP contribution in [0, 0.1) is 18.3 Å². The summed E-state index contributed by atoms with van der Waals surface area (Å²) in [5.74, 6) is -0.00467.